The van der Waals surface area contributed by atoms with Crippen LogP contribution in [-0.2, 0) is 0 Å². The molecule has 0 aromatic heterocycles. The van der Waals surface area contributed by atoms with E-state index in [2.05, 4.69) is 27.4 Å². The summed E-state index contributed by atoms with van der Waals surface area (Å²) >= 11 is 0. The van der Waals surface area contributed by atoms with Gasteiger partial charge in [-0.25, -0.2) is 0 Å². The quantitative estimate of drug-likeness (QED) is 0.626. The summed E-state index contributed by atoms with van der Waals surface area (Å²) in [4.78, 5) is 0. The van der Waals surface area contributed by atoms with E-state index in [1.807, 2.05) is 0 Å². The summed E-state index contributed by atoms with van der Waals surface area (Å²) in [5.74, 6) is 2.20. The highest BCUT2D eigenvalue weighted by atomic mass is 16.3. The monoisotopic (exact) mass is 288 g/mol. The minimum absolute atomic E-state index is 0.193. The second-order valence-corrected chi connectivity index (χ2v) is 9.68. The molecule has 0 heterocycles. The number of aliphatic hydroxyl groups excluding tert-OH is 1. The fourth-order valence-corrected chi connectivity index (χ4v) is 7.69. The normalized spacial score (nSPS) is 55.0. The third kappa shape index (κ3) is 1.62. The maximum atomic E-state index is 11.0. The highest BCUT2D eigenvalue weighted by Crippen LogP contribution is 2.71. The Kier molecular flexibility index (Phi) is 2.83. The SMILES string of the molecule is C=C1[C@H]2CC[C@H]3[C@]4(C)CCCC(C)(C)[C@H]4CC[C@]3(C2)[C@H]1O. The van der Waals surface area contributed by atoms with Gasteiger partial charge in [-0.3, -0.25) is 0 Å². The first kappa shape index (κ1) is 14.3. The largest absolute Gasteiger partial charge is 0.388 e. The lowest BCUT2D eigenvalue weighted by atomic mass is 9.41. The summed E-state index contributed by atoms with van der Waals surface area (Å²) in [5.41, 5.74) is 2.32. The topological polar surface area (TPSA) is 20.2 Å². The third-order valence-electron chi connectivity index (χ3n) is 8.51. The molecule has 1 nitrogen and oxygen atoms in total. The van der Waals surface area contributed by atoms with Crippen molar-refractivity contribution in [3.8, 4) is 0 Å². The van der Waals surface area contributed by atoms with Gasteiger partial charge in [-0.2, -0.15) is 0 Å². The van der Waals surface area contributed by atoms with Gasteiger partial charge in [0.1, 0.15) is 0 Å². The van der Waals surface area contributed by atoms with Crippen LogP contribution < -0.4 is 0 Å². The molecule has 0 aliphatic heterocycles. The van der Waals surface area contributed by atoms with Crippen molar-refractivity contribution >= 4 is 0 Å². The molecule has 0 radical (unpaired) electrons. The molecule has 4 saturated carbocycles. The van der Waals surface area contributed by atoms with E-state index in [4.69, 9.17) is 0 Å². The fourth-order valence-electron chi connectivity index (χ4n) is 7.69. The molecule has 0 saturated heterocycles. The zero-order chi connectivity index (χ0) is 15.0. The molecule has 4 rings (SSSR count). The third-order valence-corrected chi connectivity index (χ3v) is 8.51. The van der Waals surface area contributed by atoms with Crippen LogP contribution in [0.5, 0.6) is 0 Å². The van der Waals surface area contributed by atoms with Gasteiger partial charge in [-0.1, -0.05) is 33.8 Å². The minimum Gasteiger partial charge on any atom is -0.388 e. The van der Waals surface area contributed by atoms with E-state index in [9.17, 15) is 5.11 Å². The van der Waals surface area contributed by atoms with E-state index in [1.165, 1.54) is 56.9 Å². The number of rotatable bonds is 0. The number of hydrogen-bond donors (Lipinski definition) is 1. The van der Waals surface area contributed by atoms with Crippen LogP contribution in [0.25, 0.3) is 0 Å². The Bertz CT molecular complexity index is 478. The van der Waals surface area contributed by atoms with Gasteiger partial charge in [-0.15, -0.1) is 0 Å². The molecular formula is C20H32O. The minimum atomic E-state index is -0.210. The van der Waals surface area contributed by atoms with Crippen LogP contribution in [0.2, 0.25) is 0 Å². The van der Waals surface area contributed by atoms with Crippen molar-refractivity contribution in [2.24, 2.45) is 34.0 Å². The predicted octanol–water partition coefficient (Wildman–Crippen LogP) is 4.95. The molecule has 1 spiro atoms. The highest BCUT2D eigenvalue weighted by molar-refractivity contribution is 5.27. The van der Waals surface area contributed by atoms with Crippen LogP contribution in [0.4, 0.5) is 0 Å². The molecule has 0 amide bonds. The molecule has 118 valence electrons. The van der Waals surface area contributed by atoms with E-state index >= 15 is 0 Å². The van der Waals surface area contributed by atoms with Crippen molar-refractivity contribution in [2.45, 2.75) is 78.2 Å². The molecule has 21 heavy (non-hydrogen) atoms. The molecule has 4 fully saturated rings. The molecule has 1 N–H and O–H groups in total. The number of fused-ring (bicyclic) bond motifs is 3. The van der Waals surface area contributed by atoms with E-state index in [-0.39, 0.29) is 11.5 Å². The van der Waals surface area contributed by atoms with E-state index in [0.29, 0.717) is 16.7 Å². The Morgan fingerprint density at radius 3 is 2.52 bits per heavy atom. The summed E-state index contributed by atoms with van der Waals surface area (Å²) < 4.78 is 0. The lowest BCUT2D eigenvalue weighted by molar-refractivity contribution is -0.167. The highest BCUT2D eigenvalue weighted by Gasteiger charge is 2.65. The molecule has 6 atom stereocenters. The predicted molar refractivity (Wildman–Crippen MR) is 86.9 cm³/mol. The van der Waals surface area contributed by atoms with Crippen molar-refractivity contribution in [2.75, 3.05) is 0 Å². The summed E-state index contributed by atoms with van der Waals surface area (Å²) in [5, 5.41) is 11.0. The zero-order valence-electron chi connectivity index (χ0n) is 14.1. The first-order chi connectivity index (χ1) is 9.81. The molecular weight excluding hydrogens is 256 g/mol. The van der Waals surface area contributed by atoms with Gasteiger partial charge >= 0.3 is 0 Å². The van der Waals surface area contributed by atoms with Gasteiger partial charge in [0, 0.05) is 5.41 Å². The summed E-state index contributed by atoms with van der Waals surface area (Å²) in [6.45, 7) is 11.9. The Labute approximate surface area is 130 Å². The number of hydrogen-bond acceptors (Lipinski definition) is 1. The van der Waals surface area contributed by atoms with Crippen molar-refractivity contribution in [1.82, 2.24) is 0 Å². The van der Waals surface area contributed by atoms with Crippen molar-refractivity contribution in [1.29, 1.82) is 0 Å². The lowest BCUT2D eigenvalue weighted by Crippen LogP contribution is -2.58. The lowest BCUT2D eigenvalue weighted by Gasteiger charge is -2.64. The molecule has 1 heteroatoms. The van der Waals surface area contributed by atoms with Crippen LogP contribution in [0.15, 0.2) is 12.2 Å². The fraction of sp³-hybridized carbons (Fsp3) is 0.900. The maximum Gasteiger partial charge on any atom is 0.0809 e. The van der Waals surface area contributed by atoms with Crippen LogP contribution >= 0.6 is 0 Å². The van der Waals surface area contributed by atoms with Gasteiger partial charge < -0.3 is 5.11 Å². The second-order valence-electron chi connectivity index (χ2n) is 9.68. The van der Waals surface area contributed by atoms with Gasteiger partial charge in [0.25, 0.3) is 0 Å². The average Bonchev–Trinajstić information content (AvgIpc) is 2.59. The van der Waals surface area contributed by atoms with Crippen molar-refractivity contribution < 1.29 is 5.11 Å². The molecule has 0 aromatic rings. The molecule has 2 bridgehead atoms. The Morgan fingerprint density at radius 1 is 1.00 bits per heavy atom. The van der Waals surface area contributed by atoms with E-state index in [1.54, 1.807) is 0 Å². The Balaban J connectivity index is 1.77. The van der Waals surface area contributed by atoms with E-state index < -0.39 is 0 Å². The van der Waals surface area contributed by atoms with Gasteiger partial charge in [0.15, 0.2) is 0 Å². The molecule has 4 aliphatic carbocycles. The van der Waals surface area contributed by atoms with Gasteiger partial charge in [0.2, 0.25) is 0 Å². The molecule has 0 unspecified atom stereocenters. The summed E-state index contributed by atoms with van der Waals surface area (Å²) in [6, 6.07) is 0. The summed E-state index contributed by atoms with van der Waals surface area (Å²) in [6.07, 6.45) is 10.4. The zero-order valence-corrected chi connectivity index (χ0v) is 14.1. The Morgan fingerprint density at radius 2 is 1.76 bits per heavy atom. The van der Waals surface area contributed by atoms with Crippen LogP contribution in [-0.4, -0.2) is 11.2 Å². The van der Waals surface area contributed by atoms with Gasteiger partial charge in [-0.05, 0) is 79.1 Å². The van der Waals surface area contributed by atoms with Crippen molar-refractivity contribution in [3.63, 3.8) is 0 Å². The summed E-state index contributed by atoms with van der Waals surface area (Å²) in [7, 11) is 0. The second kappa shape index (κ2) is 4.16. The maximum absolute atomic E-state index is 11.0. The standard InChI is InChI=1S/C20H32O/c1-13-14-6-7-16-19(4)10-5-9-18(2,3)15(19)8-11-20(16,12-14)17(13)21/h14-17,21H,1,5-12H2,2-4H3/t14-,15+,16-,17-,19+,20+/m0/s1. The smallest absolute Gasteiger partial charge is 0.0809 e. The van der Waals surface area contributed by atoms with Crippen LogP contribution in [0, 0.1) is 34.0 Å². The number of aliphatic hydroxyl groups is 1. The first-order valence-electron chi connectivity index (χ1n) is 9.18. The average molecular weight is 288 g/mol. The van der Waals surface area contributed by atoms with Gasteiger partial charge in [0.05, 0.1) is 6.10 Å². The molecule has 4 aliphatic rings. The van der Waals surface area contributed by atoms with E-state index in [0.717, 1.165) is 11.8 Å². The van der Waals surface area contributed by atoms with Crippen LogP contribution in [0.3, 0.4) is 0 Å². The van der Waals surface area contributed by atoms with Crippen molar-refractivity contribution in [3.05, 3.63) is 12.2 Å². The molecule has 0 aromatic carbocycles. The van der Waals surface area contributed by atoms with Crippen LogP contribution in [0.1, 0.15) is 72.1 Å². The first-order valence-corrected chi connectivity index (χ1v) is 9.18. The Hall–Kier alpha value is -0.300.